The van der Waals surface area contributed by atoms with Gasteiger partial charge in [0.15, 0.2) is 5.82 Å². The first-order valence-electron chi connectivity index (χ1n) is 6.11. The average molecular weight is 342 g/mol. The van der Waals surface area contributed by atoms with E-state index in [1.54, 1.807) is 24.3 Å². The van der Waals surface area contributed by atoms with Crippen LogP contribution in [-0.4, -0.2) is 11.5 Å². The number of anilines is 3. The van der Waals surface area contributed by atoms with Crippen molar-refractivity contribution < 1.29 is 0 Å². The van der Waals surface area contributed by atoms with Crippen molar-refractivity contribution >= 4 is 52.1 Å². The zero-order valence-electron chi connectivity index (χ0n) is 11.0. The van der Waals surface area contributed by atoms with Crippen LogP contribution < -0.4 is 10.6 Å². The minimum Gasteiger partial charge on any atom is -0.369 e. The van der Waals surface area contributed by atoms with Crippen LogP contribution in [0.4, 0.5) is 17.3 Å². The van der Waals surface area contributed by atoms with Crippen molar-refractivity contribution in [3.63, 3.8) is 0 Å². The number of benzene rings is 1. The maximum Gasteiger partial charge on any atom is 0.151 e. The van der Waals surface area contributed by atoms with E-state index in [1.165, 1.54) is 0 Å². The van der Waals surface area contributed by atoms with Crippen LogP contribution >= 0.6 is 34.8 Å². The summed E-state index contributed by atoms with van der Waals surface area (Å²) in [5.41, 5.74) is 0.974. The highest BCUT2D eigenvalue weighted by Gasteiger charge is 2.11. The van der Waals surface area contributed by atoms with Crippen molar-refractivity contribution in [1.82, 2.24) is 4.98 Å². The van der Waals surface area contributed by atoms with E-state index < -0.39 is 0 Å². The summed E-state index contributed by atoms with van der Waals surface area (Å²) in [5, 5.41) is 16.5. The SMILES string of the molecule is CCNc1nc(Nc2cc(Cl)ccc2C#N)c(Cl)cc1Cl. The van der Waals surface area contributed by atoms with E-state index in [4.69, 9.17) is 40.1 Å². The summed E-state index contributed by atoms with van der Waals surface area (Å²) in [6, 6.07) is 8.58. The molecule has 21 heavy (non-hydrogen) atoms. The fourth-order valence-corrected chi connectivity index (χ4v) is 2.34. The molecule has 2 N–H and O–H groups in total. The second kappa shape index (κ2) is 6.86. The first-order chi connectivity index (χ1) is 10.0. The monoisotopic (exact) mass is 340 g/mol. The summed E-state index contributed by atoms with van der Waals surface area (Å²) in [6.07, 6.45) is 0. The van der Waals surface area contributed by atoms with Gasteiger partial charge in [-0.05, 0) is 31.2 Å². The van der Waals surface area contributed by atoms with Crippen molar-refractivity contribution in [2.24, 2.45) is 0 Å². The smallest absolute Gasteiger partial charge is 0.151 e. The van der Waals surface area contributed by atoms with E-state index >= 15 is 0 Å². The predicted octanol–water partition coefficient (Wildman–Crippen LogP) is 5.09. The third-order valence-corrected chi connectivity index (χ3v) is 3.44. The molecule has 0 atom stereocenters. The normalized spacial score (nSPS) is 10.0. The second-order valence-corrected chi connectivity index (χ2v) is 5.36. The lowest BCUT2D eigenvalue weighted by Crippen LogP contribution is -2.03. The summed E-state index contributed by atoms with van der Waals surface area (Å²) >= 11 is 18.1. The summed E-state index contributed by atoms with van der Waals surface area (Å²) in [5.74, 6) is 0.919. The Morgan fingerprint density at radius 1 is 1.14 bits per heavy atom. The van der Waals surface area contributed by atoms with E-state index in [1.807, 2.05) is 6.92 Å². The maximum atomic E-state index is 9.12. The summed E-state index contributed by atoms with van der Waals surface area (Å²) in [4.78, 5) is 4.32. The lowest BCUT2D eigenvalue weighted by molar-refractivity contribution is 1.16. The average Bonchev–Trinajstić information content (AvgIpc) is 2.44. The van der Waals surface area contributed by atoms with Crippen molar-refractivity contribution in [2.45, 2.75) is 6.92 Å². The molecule has 0 bridgehead atoms. The van der Waals surface area contributed by atoms with Crippen LogP contribution in [0.1, 0.15) is 12.5 Å². The van der Waals surface area contributed by atoms with E-state index in [-0.39, 0.29) is 0 Å². The molecule has 0 aliphatic carbocycles. The molecule has 2 aromatic rings. The standard InChI is InChI=1S/C14H11Cl3N4/c1-2-19-13-10(16)6-11(17)14(21-13)20-12-5-9(15)4-3-8(12)7-18/h3-6H,2H2,1H3,(H2,19,20,21). The number of pyridine rings is 1. The highest BCUT2D eigenvalue weighted by atomic mass is 35.5. The lowest BCUT2D eigenvalue weighted by atomic mass is 10.2. The Hall–Kier alpha value is -1.67. The first kappa shape index (κ1) is 15.7. The van der Waals surface area contributed by atoms with Gasteiger partial charge in [-0.1, -0.05) is 34.8 Å². The molecule has 7 heteroatoms. The Balaban J connectivity index is 2.42. The van der Waals surface area contributed by atoms with Crippen LogP contribution in [0.2, 0.25) is 15.1 Å². The molecule has 0 saturated heterocycles. The van der Waals surface area contributed by atoms with Gasteiger partial charge >= 0.3 is 0 Å². The summed E-state index contributed by atoms with van der Waals surface area (Å²) in [7, 11) is 0. The van der Waals surface area contributed by atoms with Gasteiger partial charge in [0.25, 0.3) is 0 Å². The minimum absolute atomic E-state index is 0.352. The molecule has 1 aromatic heterocycles. The molecule has 0 aliphatic rings. The van der Waals surface area contributed by atoms with Crippen LogP contribution in [-0.2, 0) is 0 Å². The van der Waals surface area contributed by atoms with Gasteiger partial charge in [-0.25, -0.2) is 4.98 Å². The number of hydrogen-bond acceptors (Lipinski definition) is 4. The number of halogens is 3. The van der Waals surface area contributed by atoms with Gasteiger partial charge < -0.3 is 10.6 Å². The van der Waals surface area contributed by atoms with Gasteiger partial charge in [-0.2, -0.15) is 5.26 Å². The van der Waals surface area contributed by atoms with Gasteiger partial charge in [-0.3, -0.25) is 0 Å². The van der Waals surface area contributed by atoms with Crippen LogP contribution in [0, 0.1) is 11.3 Å². The topological polar surface area (TPSA) is 60.7 Å². The molecular formula is C14H11Cl3N4. The quantitative estimate of drug-likeness (QED) is 0.813. The van der Waals surface area contributed by atoms with E-state index in [0.717, 1.165) is 0 Å². The molecule has 0 spiro atoms. The molecule has 0 aliphatic heterocycles. The molecule has 0 fully saturated rings. The van der Waals surface area contributed by atoms with Gasteiger partial charge in [0.05, 0.1) is 21.3 Å². The molecule has 1 aromatic carbocycles. The largest absolute Gasteiger partial charge is 0.369 e. The Morgan fingerprint density at radius 3 is 2.52 bits per heavy atom. The van der Waals surface area contributed by atoms with Crippen LogP contribution in [0.5, 0.6) is 0 Å². The van der Waals surface area contributed by atoms with Gasteiger partial charge in [0.1, 0.15) is 11.9 Å². The van der Waals surface area contributed by atoms with Gasteiger partial charge in [0, 0.05) is 11.6 Å². The maximum absolute atomic E-state index is 9.12. The van der Waals surface area contributed by atoms with Crippen LogP contribution in [0.15, 0.2) is 24.3 Å². The zero-order valence-corrected chi connectivity index (χ0v) is 13.3. The Bertz CT molecular complexity index is 710. The Labute approximate surface area is 137 Å². The molecule has 0 saturated carbocycles. The van der Waals surface area contributed by atoms with E-state index in [0.29, 0.717) is 44.5 Å². The molecule has 2 rings (SSSR count). The molecule has 0 radical (unpaired) electrons. The zero-order chi connectivity index (χ0) is 15.4. The Kier molecular flexibility index (Phi) is 5.13. The van der Waals surface area contributed by atoms with Crippen molar-refractivity contribution in [1.29, 1.82) is 5.26 Å². The summed E-state index contributed by atoms with van der Waals surface area (Å²) in [6.45, 7) is 2.61. The number of hydrogen-bond donors (Lipinski definition) is 2. The molecule has 0 unspecified atom stereocenters. The van der Waals surface area contributed by atoms with Crippen LogP contribution in [0.25, 0.3) is 0 Å². The number of rotatable bonds is 4. The van der Waals surface area contributed by atoms with Crippen molar-refractivity contribution in [3.8, 4) is 6.07 Å². The Morgan fingerprint density at radius 2 is 1.86 bits per heavy atom. The van der Waals surface area contributed by atoms with Crippen molar-refractivity contribution in [2.75, 3.05) is 17.2 Å². The fourth-order valence-electron chi connectivity index (χ4n) is 1.69. The molecule has 0 amide bonds. The fraction of sp³-hybridized carbons (Fsp3) is 0.143. The van der Waals surface area contributed by atoms with Gasteiger partial charge in [0.2, 0.25) is 0 Å². The number of nitrogens with zero attached hydrogens (tertiary/aromatic N) is 2. The molecular weight excluding hydrogens is 331 g/mol. The van der Waals surface area contributed by atoms with E-state index in [2.05, 4.69) is 21.7 Å². The molecule has 1 heterocycles. The minimum atomic E-state index is 0.352. The van der Waals surface area contributed by atoms with Crippen molar-refractivity contribution in [3.05, 3.63) is 44.9 Å². The number of nitrogens with one attached hydrogen (secondary N) is 2. The second-order valence-electron chi connectivity index (χ2n) is 4.11. The molecule has 4 nitrogen and oxygen atoms in total. The van der Waals surface area contributed by atoms with Gasteiger partial charge in [-0.15, -0.1) is 0 Å². The van der Waals surface area contributed by atoms with E-state index in [9.17, 15) is 0 Å². The lowest BCUT2D eigenvalue weighted by Gasteiger charge is -2.12. The summed E-state index contributed by atoms with van der Waals surface area (Å²) < 4.78 is 0. The third-order valence-electron chi connectivity index (χ3n) is 2.63. The van der Waals surface area contributed by atoms with Crippen LogP contribution in [0.3, 0.4) is 0 Å². The highest BCUT2D eigenvalue weighted by molar-refractivity contribution is 6.37. The number of nitriles is 1. The predicted molar refractivity (Wildman–Crippen MR) is 87.9 cm³/mol. The number of aromatic nitrogens is 1. The third kappa shape index (κ3) is 3.70. The first-order valence-corrected chi connectivity index (χ1v) is 7.25. The highest BCUT2D eigenvalue weighted by Crippen LogP contribution is 2.32. The molecule has 108 valence electrons.